The second-order valence-corrected chi connectivity index (χ2v) is 6.61. The molecule has 0 atom stereocenters. The quantitative estimate of drug-likeness (QED) is 0.652. The Labute approximate surface area is 167 Å². The molecule has 29 heavy (non-hydrogen) atoms. The van der Waals surface area contributed by atoms with Gasteiger partial charge in [-0.05, 0) is 18.2 Å². The molecule has 0 bridgehead atoms. The van der Waals surface area contributed by atoms with Crippen molar-refractivity contribution in [3.05, 3.63) is 52.7 Å². The van der Waals surface area contributed by atoms with Crippen LogP contribution in [-0.2, 0) is 11.3 Å². The number of amides is 1. The number of carbonyl (C=O) groups excluding carboxylic acids is 1. The Bertz CT molecular complexity index is 1070. The van der Waals surface area contributed by atoms with E-state index in [-0.39, 0.29) is 23.9 Å². The van der Waals surface area contributed by atoms with Crippen LogP contribution in [0.3, 0.4) is 0 Å². The summed E-state index contributed by atoms with van der Waals surface area (Å²) in [6.45, 7) is 3.73. The Balaban J connectivity index is 1.77. The Morgan fingerprint density at radius 3 is 2.59 bits per heavy atom. The summed E-state index contributed by atoms with van der Waals surface area (Å²) in [7, 11) is 3.04. The van der Waals surface area contributed by atoms with Crippen molar-refractivity contribution in [2.24, 2.45) is 0 Å². The van der Waals surface area contributed by atoms with Crippen LogP contribution < -0.4 is 20.3 Å². The van der Waals surface area contributed by atoms with E-state index < -0.39 is 0 Å². The highest BCUT2D eigenvalue weighted by molar-refractivity contribution is 5.91. The minimum absolute atomic E-state index is 0.116. The number of ether oxygens (including phenoxy) is 2. The largest absolute Gasteiger partial charge is 0.493 e. The van der Waals surface area contributed by atoms with Crippen LogP contribution in [0.2, 0.25) is 0 Å². The number of aromatic nitrogens is 3. The van der Waals surface area contributed by atoms with Crippen molar-refractivity contribution in [1.29, 1.82) is 0 Å². The van der Waals surface area contributed by atoms with Crippen LogP contribution in [0.4, 0.5) is 5.69 Å². The van der Waals surface area contributed by atoms with Crippen molar-refractivity contribution in [1.82, 2.24) is 14.7 Å². The zero-order valence-corrected chi connectivity index (χ0v) is 16.6. The van der Waals surface area contributed by atoms with Crippen LogP contribution in [0.25, 0.3) is 11.5 Å². The predicted molar refractivity (Wildman–Crippen MR) is 106 cm³/mol. The number of pyridine rings is 1. The second-order valence-electron chi connectivity index (χ2n) is 6.61. The molecule has 0 fully saturated rings. The molecule has 3 aromatic rings. The molecule has 2 heterocycles. The lowest BCUT2D eigenvalue weighted by atomic mass is 10.2. The summed E-state index contributed by atoms with van der Waals surface area (Å²) in [5, 5.41) is 6.65. The first-order valence-electron chi connectivity index (χ1n) is 8.97. The van der Waals surface area contributed by atoms with Crippen LogP contribution in [0, 0.1) is 0 Å². The van der Waals surface area contributed by atoms with Crippen LogP contribution >= 0.6 is 0 Å². The number of nitrogens with zero attached hydrogens (tertiary/aromatic N) is 3. The topological polar surface area (TPSA) is 108 Å². The lowest BCUT2D eigenvalue weighted by Gasteiger charge is -2.11. The molecule has 9 heteroatoms. The lowest BCUT2D eigenvalue weighted by molar-refractivity contribution is -0.116. The maximum atomic E-state index is 12.4. The van der Waals surface area contributed by atoms with E-state index in [1.165, 1.54) is 31.0 Å². The highest BCUT2D eigenvalue weighted by atomic mass is 16.5. The van der Waals surface area contributed by atoms with Gasteiger partial charge in [0.05, 0.1) is 19.8 Å². The van der Waals surface area contributed by atoms with Crippen LogP contribution in [0.1, 0.15) is 25.6 Å². The Morgan fingerprint density at radius 2 is 1.93 bits per heavy atom. The van der Waals surface area contributed by atoms with E-state index in [1.54, 1.807) is 24.3 Å². The van der Waals surface area contributed by atoms with Gasteiger partial charge in [-0.1, -0.05) is 19.0 Å². The number of rotatable bonds is 7. The molecule has 0 radical (unpaired) electrons. The number of benzene rings is 1. The minimum Gasteiger partial charge on any atom is -0.493 e. The zero-order chi connectivity index (χ0) is 21.0. The van der Waals surface area contributed by atoms with Gasteiger partial charge in [0.2, 0.25) is 5.91 Å². The van der Waals surface area contributed by atoms with Gasteiger partial charge < -0.3 is 23.9 Å². The standard InChI is InChI=1S/C20H22N4O5/c1-12(2)19-22-20(29-23-19)13-5-8-18(26)24(10-13)11-17(25)21-14-6-7-15(27-3)16(9-14)28-4/h5-10,12H,11H2,1-4H3,(H,21,25). The van der Waals surface area contributed by atoms with Crippen LogP contribution in [-0.4, -0.2) is 34.8 Å². The van der Waals surface area contributed by atoms with Crippen molar-refractivity contribution in [3.63, 3.8) is 0 Å². The van der Waals surface area contributed by atoms with Crippen molar-refractivity contribution in [2.75, 3.05) is 19.5 Å². The number of hydrogen-bond acceptors (Lipinski definition) is 7. The molecule has 9 nitrogen and oxygen atoms in total. The highest BCUT2D eigenvalue weighted by Gasteiger charge is 2.14. The number of nitrogens with one attached hydrogen (secondary N) is 1. The summed E-state index contributed by atoms with van der Waals surface area (Å²) >= 11 is 0. The maximum absolute atomic E-state index is 12.4. The number of anilines is 1. The van der Waals surface area contributed by atoms with E-state index in [9.17, 15) is 9.59 Å². The Morgan fingerprint density at radius 1 is 1.17 bits per heavy atom. The zero-order valence-electron chi connectivity index (χ0n) is 16.6. The van der Waals surface area contributed by atoms with Gasteiger partial charge in [0.15, 0.2) is 17.3 Å². The highest BCUT2D eigenvalue weighted by Crippen LogP contribution is 2.29. The van der Waals surface area contributed by atoms with E-state index in [0.717, 1.165) is 0 Å². The van der Waals surface area contributed by atoms with E-state index in [2.05, 4.69) is 15.5 Å². The van der Waals surface area contributed by atoms with Gasteiger partial charge in [0, 0.05) is 29.9 Å². The molecular formula is C20H22N4O5. The minimum atomic E-state index is -0.370. The summed E-state index contributed by atoms with van der Waals surface area (Å²) in [5.74, 6) is 1.65. The Hall–Kier alpha value is -3.62. The maximum Gasteiger partial charge on any atom is 0.259 e. The fourth-order valence-electron chi connectivity index (χ4n) is 2.64. The SMILES string of the molecule is COc1ccc(NC(=O)Cn2cc(-c3nc(C(C)C)no3)ccc2=O)cc1OC. The molecule has 0 aliphatic rings. The van der Waals surface area contributed by atoms with Gasteiger partial charge in [-0.15, -0.1) is 0 Å². The molecule has 1 N–H and O–H groups in total. The molecule has 152 valence electrons. The van der Waals surface area contributed by atoms with Crippen LogP contribution in [0.15, 0.2) is 45.8 Å². The molecule has 0 spiro atoms. The number of carbonyl (C=O) groups is 1. The van der Waals surface area contributed by atoms with E-state index >= 15 is 0 Å². The third-order valence-electron chi connectivity index (χ3n) is 4.17. The molecule has 0 saturated heterocycles. The number of methoxy groups -OCH3 is 2. The van der Waals surface area contributed by atoms with Crippen molar-refractivity contribution >= 4 is 11.6 Å². The molecule has 0 saturated carbocycles. The first kappa shape index (κ1) is 20.1. The average molecular weight is 398 g/mol. The van der Waals surface area contributed by atoms with E-state index in [4.69, 9.17) is 14.0 Å². The molecule has 3 rings (SSSR count). The summed E-state index contributed by atoms with van der Waals surface area (Å²) in [5.41, 5.74) is 0.762. The first-order valence-corrected chi connectivity index (χ1v) is 8.97. The fourth-order valence-corrected chi connectivity index (χ4v) is 2.64. The Kier molecular flexibility index (Phi) is 5.96. The molecule has 1 amide bonds. The van der Waals surface area contributed by atoms with Crippen molar-refractivity contribution in [2.45, 2.75) is 26.3 Å². The third-order valence-corrected chi connectivity index (χ3v) is 4.17. The summed E-state index contributed by atoms with van der Waals surface area (Å²) in [6, 6.07) is 7.95. The molecule has 0 unspecified atom stereocenters. The normalized spacial score (nSPS) is 10.8. The monoisotopic (exact) mass is 398 g/mol. The third kappa shape index (κ3) is 4.63. The van der Waals surface area contributed by atoms with Gasteiger partial charge in [-0.25, -0.2) is 0 Å². The lowest BCUT2D eigenvalue weighted by Crippen LogP contribution is -2.26. The van der Waals surface area contributed by atoms with Gasteiger partial charge in [0.1, 0.15) is 6.54 Å². The molecule has 1 aromatic carbocycles. The summed E-state index contributed by atoms with van der Waals surface area (Å²) < 4.78 is 16.9. The smallest absolute Gasteiger partial charge is 0.259 e. The molecule has 0 aliphatic heterocycles. The summed E-state index contributed by atoms with van der Waals surface area (Å²) in [4.78, 5) is 28.9. The fraction of sp³-hybridized carbons (Fsp3) is 0.300. The van der Waals surface area contributed by atoms with Crippen molar-refractivity contribution < 1.29 is 18.8 Å². The van der Waals surface area contributed by atoms with Gasteiger partial charge in [0.25, 0.3) is 11.4 Å². The van der Waals surface area contributed by atoms with Gasteiger partial charge in [-0.3, -0.25) is 9.59 Å². The second kappa shape index (κ2) is 8.59. The molecular weight excluding hydrogens is 376 g/mol. The average Bonchev–Trinajstić information content (AvgIpc) is 3.20. The van der Waals surface area contributed by atoms with E-state index in [0.29, 0.717) is 34.5 Å². The first-order chi connectivity index (χ1) is 13.9. The summed E-state index contributed by atoms with van der Waals surface area (Å²) in [6.07, 6.45) is 1.52. The van der Waals surface area contributed by atoms with Crippen LogP contribution in [0.5, 0.6) is 11.5 Å². The predicted octanol–water partition coefficient (Wildman–Crippen LogP) is 2.68. The van der Waals surface area contributed by atoms with Gasteiger partial charge >= 0.3 is 0 Å². The van der Waals surface area contributed by atoms with Crippen molar-refractivity contribution in [3.8, 4) is 23.0 Å². The van der Waals surface area contributed by atoms with Gasteiger partial charge in [-0.2, -0.15) is 4.98 Å². The number of hydrogen-bond donors (Lipinski definition) is 1. The molecule has 0 aliphatic carbocycles. The molecule has 2 aromatic heterocycles. The van der Waals surface area contributed by atoms with E-state index in [1.807, 2.05) is 13.8 Å².